The smallest absolute Gasteiger partial charge is 0.231 e. The SMILES string of the molecule is Cc1ncsc1CNCc1cc2c(cc1Br)OCO2. The quantitative estimate of drug-likeness (QED) is 0.927. The van der Waals surface area contributed by atoms with E-state index in [9.17, 15) is 0 Å². The summed E-state index contributed by atoms with van der Waals surface area (Å²) in [5, 5.41) is 3.42. The van der Waals surface area contributed by atoms with Gasteiger partial charge in [0.05, 0.1) is 11.2 Å². The van der Waals surface area contributed by atoms with Crippen molar-refractivity contribution in [3.05, 3.63) is 38.3 Å². The van der Waals surface area contributed by atoms with Crippen LogP contribution in [0.4, 0.5) is 0 Å². The van der Waals surface area contributed by atoms with Crippen LogP contribution >= 0.6 is 27.3 Å². The van der Waals surface area contributed by atoms with Crippen LogP contribution in [0.3, 0.4) is 0 Å². The summed E-state index contributed by atoms with van der Waals surface area (Å²) in [5.74, 6) is 1.61. The van der Waals surface area contributed by atoms with Crippen LogP contribution in [0.5, 0.6) is 11.5 Å². The first-order valence-electron chi connectivity index (χ1n) is 5.92. The number of ether oxygens (including phenoxy) is 2. The fraction of sp³-hybridized carbons (Fsp3) is 0.308. The van der Waals surface area contributed by atoms with Gasteiger partial charge < -0.3 is 14.8 Å². The van der Waals surface area contributed by atoms with E-state index >= 15 is 0 Å². The minimum absolute atomic E-state index is 0.304. The number of nitrogens with zero attached hydrogens (tertiary/aromatic N) is 1. The van der Waals surface area contributed by atoms with Crippen molar-refractivity contribution >= 4 is 27.3 Å². The van der Waals surface area contributed by atoms with Crippen LogP contribution in [0.2, 0.25) is 0 Å². The lowest BCUT2D eigenvalue weighted by atomic mass is 10.2. The monoisotopic (exact) mass is 340 g/mol. The first-order chi connectivity index (χ1) is 9.24. The van der Waals surface area contributed by atoms with E-state index in [4.69, 9.17) is 9.47 Å². The molecule has 0 spiro atoms. The van der Waals surface area contributed by atoms with E-state index < -0.39 is 0 Å². The number of thiazole rings is 1. The zero-order valence-electron chi connectivity index (χ0n) is 10.4. The van der Waals surface area contributed by atoms with Gasteiger partial charge in [0.2, 0.25) is 6.79 Å². The Kier molecular flexibility index (Phi) is 3.72. The highest BCUT2D eigenvalue weighted by Crippen LogP contribution is 2.36. The van der Waals surface area contributed by atoms with Gasteiger partial charge >= 0.3 is 0 Å². The van der Waals surface area contributed by atoms with E-state index in [-0.39, 0.29) is 0 Å². The van der Waals surface area contributed by atoms with Crippen LogP contribution in [0.15, 0.2) is 22.1 Å². The van der Waals surface area contributed by atoms with Gasteiger partial charge in [-0.05, 0) is 24.6 Å². The molecule has 0 fully saturated rings. The molecule has 1 aliphatic heterocycles. The second-order valence-electron chi connectivity index (χ2n) is 4.26. The van der Waals surface area contributed by atoms with Crippen molar-refractivity contribution in [2.45, 2.75) is 20.0 Å². The van der Waals surface area contributed by atoms with Gasteiger partial charge in [0.25, 0.3) is 0 Å². The second kappa shape index (κ2) is 5.48. The van der Waals surface area contributed by atoms with Crippen molar-refractivity contribution in [2.24, 2.45) is 0 Å². The fourth-order valence-electron chi connectivity index (χ4n) is 1.90. The van der Waals surface area contributed by atoms with Gasteiger partial charge in [0.1, 0.15) is 0 Å². The summed E-state index contributed by atoms with van der Waals surface area (Å²) in [6, 6.07) is 3.97. The predicted octanol–water partition coefficient (Wildman–Crippen LogP) is 3.23. The van der Waals surface area contributed by atoms with Crippen LogP contribution in [0.1, 0.15) is 16.1 Å². The third-order valence-corrected chi connectivity index (χ3v) is 4.66. The summed E-state index contributed by atoms with van der Waals surface area (Å²) in [7, 11) is 0. The molecule has 1 aliphatic rings. The Bertz CT molecular complexity index is 600. The number of aromatic nitrogens is 1. The van der Waals surface area contributed by atoms with E-state index in [1.807, 2.05) is 24.6 Å². The Morgan fingerprint density at radius 1 is 1.32 bits per heavy atom. The Labute approximate surface area is 123 Å². The van der Waals surface area contributed by atoms with Gasteiger partial charge in [-0.2, -0.15) is 0 Å². The molecule has 1 N–H and O–H groups in total. The van der Waals surface area contributed by atoms with E-state index in [0.717, 1.165) is 40.3 Å². The molecule has 0 saturated carbocycles. The van der Waals surface area contributed by atoms with Gasteiger partial charge in [0.15, 0.2) is 11.5 Å². The molecule has 0 saturated heterocycles. The lowest BCUT2D eigenvalue weighted by Gasteiger charge is -2.08. The van der Waals surface area contributed by atoms with Gasteiger partial charge in [-0.3, -0.25) is 0 Å². The molecule has 4 nitrogen and oxygen atoms in total. The molecule has 1 aromatic heterocycles. The molecule has 0 radical (unpaired) electrons. The lowest BCUT2D eigenvalue weighted by molar-refractivity contribution is 0.174. The molecule has 0 unspecified atom stereocenters. The van der Waals surface area contributed by atoms with Crippen molar-refractivity contribution in [2.75, 3.05) is 6.79 Å². The molecule has 0 aliphatic carbocycles. The Morgan fingerprint density at radius 3 is 2.84 bits per heavy atom. The van der Waals surface area contributed by atoms with Gasteiger partial charge in [0, 0.05) is 22.4 Å². The maximum Gasteiger partial charge on any atom is 0.231 e. The number of fused-ring (bicyclic) bond motifs is 1. The normalized spacial score (nSPS) is 12.9. The second-order valence-corrected chi connectivity index (χ2v) is 6.06. The summed E-state index contributed by atoms with van der Waals surface area (Å²) in [6.45, 7) is 3.94. The molecule has 6 heteroatoms. The minimum Gasteiger partial charge on any atom is -0.454 e. The van der Waals surface area contributed by atoms with E-state index in [1.165, 1.54) is 4.88 Å². The van der Waals surface area contributed by atoms with Crippen LogP contribution < -0.4 is 14.8 Å². The number of hydrogen-bond acceptors (Lipinski definition) is 5. The Morgan fingerprint density at radius 2 is 2.11 bits per heavy atom. The molecule has 2 heterocycles. The van der Waals surface area contributed by atoms with Gasteiger partial charge in [-0.25, -0.2) is 4.98 Å². The molecule has 3 rings (SSSR count). The Balaban J connectivity index is 1.66. The molecular formula is C13H13BrN2O2S. The van der Waals surface area contributed by atoms with Crippen LogP contribution in [-0.4, -0.2) is 11.8 Å². The first-order valence-corrected chi connectivity index (χ1v) is 7.59. The molecular weight excluding hydrogens is 328 g/mol. The topological polar surface area (TPSA) is 43.4 Å². The number of halogens is 1. The minimum atomic E-state index is 0.304. The number of benzene rings is 1. The number of aryl methyl sites for hydroxylation is 1. The number of rotatable bonds is 4. The third-order valence-electron chi connectivity index (χ3n) is 2.99. The highest BCUT2D eigenvalue weighted by atomic mass is 79.9. The highest BCUT2D eigenvalue weighted by molar-refractivity contribution is 9.10. The summed E-state index contributed by atoms with van der Waals surface area (Å²) in [5.41, 5.74) is 4.14. The van der Waals surface area contributed by atoms with Crippen LogP contribution in [-0.2, 0) is 13.1 Å². The summed E-state index contributed by atoms with van der Waals surface area (Å²) in [4.78, 5) is 5.51. The zero-order valence-corrected chi connectivity index (χ0v) is 12.8. The number of nitrogens with one attached hydrogen (secondary N) is 1. The maximum atomic E-state index is 5.39. The van der Waals surface area contributed by atoms with Gasteiger partial charge in [-0.15, -0.1) is 11.3 Å². The molecule has 2 aromatic rings. The summed E-state index contributed by atoms with van der Waals surface area (Å²) < 4.78 is 11.8. The number of hydrogen-bond donors (Lipinski definition) is 1. The average molecular weight is 341 g/mol. The highest BCUT2D eigenvalue weighted by Gasteiger charge is 2.16. The molecule has 100 valence electrons. The van der Waals surface area contributed by atoms with Crippen molar-refractivity contribution in [3.63, 3.8) is 0 Å². The van der Waals surface area contributed by atoms with E-state index in [0.29, 0.717) is 6.79 Å². The summed E-state index contributed by atoms with van der Waals surface area (Å²) >= 11 is 5.24. The van der Waals surface area contributed by atoms with Crippen molar-refractivity contribution in [1.29, 1.82) is 0 Å². The lowest BCUT2D eigenvalue weighted by Crippen LogP contribution is -2.12. The zero-order chi connectivity index (χ0) is 13.2. The molecule has 0 atom stereocenters. The Hall–Kier alpha value is -1.11. The maximum absolute atomic E-state index is 5.39. The first kappa shape index (κ1) is 12.9. The van der Waals surface area contributed by atoms with Crippen LogP contribution in [0.25, 0.3) is 0 Å². The molecule has 0 bridgehead atoms. The van der Waals surface area contributed by atoms with Gasteiger partial charge in [-0.1, -0.05) is 15.9 Å². The molecule has 19 heavy (non-hydrogen) atoms. The largest absolute Gasteiger partial charge is 0.454 e. The van der Waals surface area contributed by atoms with E-state index in [1.54, 1.807) is 11.3 Å². The van der Waals surface area contributed by atoms with E-state index in [2.05, 4.69) is 26.2 Å². The van der Waals surface area contributed by atoms with Crippen molar-refractivity contribution in [3.8, 4) is 11.5 Å². The average Bonchev–Trinajstić information content (AvgIpc) is 2.99. The predicted molar refractivity (Wildman–Crippen MR) is 77.7 cm³/mol. The third kappa shape index (κ3) is 2.75. The van der Waals surface area contributed by atoms with Crippen molar-refractivity contribution < 1.29 is 9.47 Å². The fourth-order valence-corrected chi connectivity index (χ4v) is 3.11. The molecule has 1 aromatic carbocycles. The van der Waals surface area contributed by atoms with Crippen molar-refractivity contribution in [1.82, 2.24) is 10.3 Å². The summed E-state index contributed by atoms with van der Waals surface area (Å²) in [6.07, 6.45) is 0. The molecule has 0 amide bonds. The van der Waals surface area contributed by atoms with Crippen LogP contribution in [0, 0.1) is 6.92 Å². The standard InChI is InChI=1S/C13H13BrN2O2S/c1-8-13(19-6-16-8)5-15-4-9-2-11-12(3-10(9)14)18-7-17-11/h2-3,6,15H,4-5,7H2,1H3.